The molecule has 0 saturated heterocycles. The molecular weight excluding hydrogens is 236 g/mol. The van der Waals surface area contributed by atoms with Gasteiger partial charge < -0.3 is 0 Å². The quantitative estimate of drug-likeness (QED) is 0.722. The van der Waals surface area contributed by atoms with Crippen molar-refractivity contribution in [3.05, 3.63) is 34.6 Å². The summed E-state index contributed by atoms with van der Waals surface area (Å²) >= 11 is 11.3. The summed E-state index contributed by atoms with van der Waals surface area (Å²) < 4.78 is 13.5. The first-order valence-corrected chi connectivity index (χ1v) is 5.81. The standard InChI is InChI=1S/C11H14Cl2FN/c1-2-15(7-6-12)8-9-4-3-5-10(13)11(9)14/h3-5H,2,6-8H2,1H3. The fourth-order valence-corrected chi connectivity index (χ4v) is 1.81. The van der Waals surface area contributed by atoms with Gasteiger partial charge in [0.15, 0.2) is 0 Å². The molecule has 0 fully saturated rings. The average molecular weight is 250 g/mol. The van der Waals surface area contributed by atoms with Gasteiger partial charge in [0.25, 0.3) is 0 Å². The van der Waals surface area contributed by atoms with Gasteiger partial charge in [0, 0.05) is 24.5 Å². The summed E-state index contributed by atoms with van der Waals surface area (Å²) in [7, 11) is 0. The molecule has 1 aromatic rings. The van der Waals surface area contributed by atoms with Crippen LogP contribution in [0.5, 0.6) is 0 Å². The smallest absolute Gasteiger partial charge is 0.146 e. The Labute approximate surface area is 99.8 Å². The molecule has 84 valence electrons. The number of nitrogens with zero attached hydrogens (tertiary/aromatic N) is 1. The Kier molecular flexibility index (Phi) is 5.37. The number of hydrogen-bond donors (Lipinski definition) is 0. The average Bonchev–Trinajstić information content (AvgIpc) is 2.24. The molecule has 1 rings (SSSR count). The fraction of sp³-hybridized carbons (Fsp3) is 0.455. The Hall–Kier alpha value is -0.310. The van der Waals surface area contributed by atoms with Crippen LogP contribution in [-0.4, -0.2) is 23.9 Å². The van der Waals surface area contributed by atoms with E-state index in [0.717, 1.165) is 13.1 Å². The summed E-state index contributed by atoms with van der Waals surface area (Å²) in [5.74, 6) is 0.225. The molecule has 0 bridgehead atoms. The topological polar surface area (TPSA) is 3.24 Å². The van der Waals surface area contributed by atoms with Crippen molar-refractivity contribution in [2.75, 3.05) is 19.0 Å². The zero-order valence-electron chi connectivity index (χ0n) is 8.64. The summed E-state index contributed by atoms with van der Waals surface area (Å²) in [4.78, 5) is 2.07. The third-order valence-electron chi connectivity index (χ3n) is 2.27. The maximum Gasteiger partial charge on any atom is 0.146 e. The van der Waals surface area contributed by atoms with E-state index in [1.54, 1.807) is 18.2 Å². The van der Waals surface area contributed by atoms with E-state index in [2.05, 4.69) is 4.90 Å². The number of rotatable bonds is 5. The molecule has 0 saturated carbocycles. The summed E-state index contributed by atoms with van der Waals surface area (Å²) in [5, 5.41) is 0.175. The summed E-state index contributed by atoms with van der Waals surface area (Å²) in [6, 6.07) is 5.06. The van der Waals surface area contributed by atoms with E-state index < -0.39 is 0 Å². The van der Waals surface area contributed by atoms with Crippen molar-refractivity contribution in [3.8, 4) is 0 Å². The molecule has 4 heteroatoms. The Bertz CT molecular complexity index is 317. The zero-order chi connectivity index (χ0) is 11.3. The normalized spacial score (nSPS) is 11.0. The third-order valence-corrected chi connectivity index (χ3v) is 2.73. The molecular formula is C11H14Cl2FN. The van der Waals surface area contributed by atoms with E-state index in [4.69, 9.17) is 23.2 Å². The Morgan fingerprint density at radius 1 is 1.40 bits per heavy atom. The van der Waals surface area contributed by atoms with Gasteiger partial charge in [-0.3, -0.25) is 4.90 Å². The highest BCUT2D eigenvalue weighted by atomic mass is 35.5. The first-order chi connectivity index (χ1) is 7.19. The van der Waals surface area contributed by atoms with Crippen molar-refractivity contribution < 1.29 is 4.39 Å². The highest BCUT2D eigenvalue weighted by Crippen LogP contribution is 2.19. The van der Waals surface area contributed by atoms with Crippen LogP contribution in [0.4, 0.5) is 4.39 Å². The van der Waals surface area contributed by atoms with E-state index in [9.17, 15) is 4.39 Å². The van der Waals surface area contributed by atoms with Crippen molar-refractivity contribution in [2.24, 2.45) is 0 Å². The molecule has 0 atom stereocenters. The predicted molar refractivity (Wildman–Crippen MR) is 63.1 cm³/mol. The molecule has 0 radical (unpaired) electrons. The molecule has 0 amide bonds. The molecule has 0 aliphatic carbocycles. The second kappa shape index (κ2) is 6.31. The van der Waals surface area contributed by atoms with Crippen LogP contribution in [0.2, 0.25) is 5.02 Å². The lowest BCUT2D eigenvalue weighted by atomic mass is 10.2. The van der Waals surface area contributed by atoms with Crippen LogP contribution in [0.25, 0.3) is 0 Å². The van der Waals surface area contributed by atoms with E-state index in [1.165, 1.54) is 0 Å². The van der Waals surface area contributed by atoms with Crippen molar-refractivity contribution in [2.45, 2.75) is 13.5 Å². The second-order valence-corrected chi connectivity index (χ2v) is 4.06. The van der Waals surface area contributed by atoms with Crippen molar-refractivity contribution in [1.29, 1.82) is 0 Å². The van der Waals surface area contributed by atoms with Gasteiger partial charge in [-0.15, -0.1) is 11.6 Å². The van der Waals surface area contributed by atoms with Crippen LogP contribution in [0.15, 0.2) is 18.2 Å². The predicted octanol–water partition coefficient (Wildman–Crippen LogP) is 3.54. The van der Waals surface area contributed by atoms with E-state index >= 15 is 0 Å². The van der Waals surface area contributed by atoms with Gasteiger partial charge in [0.2, 0.25) is 0 Å². The lowest BCUT2D eigenvalue weighted by Gasteiger charge is -2.19. The first-order valence-electron chi connectivity index (χ1n) is 4.90. The van der Waals surface area contributed by atoms with Gasteiger partial charge in [-0.2, -0.15) is 0 Å². The molecule has 0 aliphatic heterocycles. The van der Waals surface area contributed by atoms with Gasteiger partial charge in [0.05, 0.1) is 5.02 Å². The van der Waals surface area contributed by atoms with Crippen LogP contribution in [-0.2, 0) is 6.54 Å². The van der Waals surface area contributed by atoms with Crippen molar-refractivity contribution in [1.82, 2.24) is 4.90 Å². The van der Waals surface area contributed by atoms with Gasteiger partial charge in [0.1, 0.15) is 5.82 Å². The van der Waals surface area contributed by atoms with Crippen molar-refractivity contribution in [3.63, 3.8) is 0 Å². The molecule has 1 aromatic carbocycles. The Morgan fingerprint density at radius 2 is 2.13 bits per heavy atom. The molecule has 0 N–H and O–H groups in total. The van der Waals surface area contributed by atoms with Crippen LogP contribution in [0.1, 0.15) is 12.5 Å². The van der Waals surface area contributed by atoms with Gasteiger partial charge in [-0.05, 0) is 12.6 Å². The highest BCUT2D eigenvalue weighted by Gasteiger charge is 2.09. The number of halogens is 3. The van der Waals surface area contributed by atoms with Gasteiger partial charge in [-0.25, -0.2) is 4.39 Å². The minimum Gasteiger partial charge on any atom is -0.298 e. The maximum absolute atomic E-state index is 13.5. The maximum atomic E-state index is 13.5. The van der Waals surface area contributed by atoms with E-state index in [-0.39, 0.29) is 10.8 Å². The van der Waals surface area contributed by atoms with Crippen LogP contribution in [0.3, 0.4) is 0 Å². The molecule has 0 spiro atoms. The lowest BCUT2D eigenvalue weighted by molar-refractivity contribution is 0.293. The first kappa shape index (κ1) is 12.8. The fourth-order valence-electron chi connectivity index (χ4n) is 1.38. The summed E-state index contributed by atoms with van der Waals surface area (Å²) in [6.07, 6.45) is 0. The van der Waals surface area contributed by atoms with Gasteiger partial charge in [-0.1, -0.05) is 30.7 Å². The Morgan fingerprint density at radius 3 is 2.73 bits per heavy atom. The molecule has 0 aromatic heterocycles. The van der Waals surface area contributed by atoms with Crippen LogP contribution >= 0.6 is 23.2 Å². The molecule has 0 heterocycles. The van der Waals surface area contributed by atoms with Crippen molar-refractivity contribution >= 4 is 23.2 Å². The monoisotopic (exact) mass is 249 g/mol. The zero-order valence-corrected chi connectivity index (χ0v) is 10.2. The van der Waals surface area contributed by atoms with Crippen LogP contribution in [0, 0.1) is 5.82 Å². The largest absolute Gasteiger partial charge is 0.298 e. The Balaban J connectivity index is 2.74. The number of alkyl halides is 1. The second-order valence-electron chi connectivity index (χ2n) is 3.27. The molecule has 15 heavy (non-hydrogen) atoms. The molecule has 0 aliphatic rings. The molecule has 0 unspecified atom stereocenters. The number of hydrogen-bond acceptors (Lipinski definition) is 1. The van der Waals surface area contributed by atoms with E-state index in [1.807, 2.05) is 6.92 Å². The van der Waals surface area contributed by atoms with Crippen LogP contribution < -0.4 is 0 Å². The lowest BCUT2D eigenvalue weighted by Crippen LogP contribution is -2.25. The third kappa shape index (κ3) is 3.63. The summed E-state index contributed by atoms with van der Waals surface area (Å²) in [6.45, 7) is 4.17. The highest BCUT2D eigenvalue weighted by molar-refractivity contribution is 6.30. The summed E-state index contributed by atoms with van der Waals surface area (Å²) in [5.41, 5.74) is 0.620. The number of benzene rings is 1. The van der Waals surface area contributed by atoms with Gasteiger partial charge >= 0.3 is 0 Å². The van der Waals surface area contributed by atoms with E-state index in [0.29, 0.717) is 18.0 Å². The minimum absolute atomic E-state index is 0.175. The molecule has 1 nitrogen and oxygen atoms in total. The SMILES string of the molecule is CCN(CCCl)Cc1cccc(Cl)c1F. The minimum atomic E-state index is -0.327.